The molecule has 0 amide bonds. The Balaban J connectivity index is 2.17. The largest absolute Gasteiger partial charge is 0.368 e. The summed E-state index contributed by atoms with van der Waals surface area (Å²) in [7, 11) is -0.530. The summed E-state index contributed by atoms with van der Waals surface area (Å²) in [6.07, 6.45) is 4.58. The molecule has 0 bridgehead atoms. The van der Waals surface area contributed by atoms with Crippen LogP contribution in [0.2, 0.25) is 0 Å². The highest BCUT2D eigenvalue weighted by Crippen LogP contribution is 2.42. The zero-order valence-corrected chi connectivity index (χ0v) is 11.4. The standard InChI is InChI=1S/C12H17FN2O2S/c1-18(2)7-5-14(6-8-18)12-4-3-10(15(16)17)9-11(12)13/h3-4,9H,5-8H2,1-2H3. The summed E-state index contributed by atoms with van der Waals surface area (Å²) in [4.78, 5) is 12.0. The minimum absolute atomic E-state index is 0.195. The molecule has 2 rings (SSSR count). The van der Waals surface area contributed by atoms with E-state index in [1.165, 1.54) is 12.1 Å². The van der Waals surface area contributed by atoms with E-state index in [-0.39, 0.29) is 5.69 Å². The Morgan fingerprint density at radius 1 is 1.33 bits per heavy atom. The summed E-state index contributed by atoms with van der Waals surface area (Å²) < 4.78 is 13.8. The van der Waals surface area contributed by atoms with Crippen LogP contribution in [0, 0.1) is 15.9 Å². The van der Waals surface area contributed by atoms with Crippen molar-refractivity contribution in [3.63, 3.8) is 0 Å². The van der Waals surface area contributed by atoms with E-state index < -0.39 is 20.8 Å². The van der Waals surface area contributed by atoms with E-state index in [1.807, 2.05) is 4.90 Å². The molecule has 0 N–H and O–H groups in total. The molecule has 1 aliphatic rings. The van der Waals surface area contributed by atoms with Crippen molar-refractivity contribution in [1.82, 2.24) is 0 Å². The van der Waals surface area contributed by atoms with Crippen LogP contribution in [-0.2, 0) is 0 Å². The summed E-state index contributed by atoms with van der Waals surface area (Å²) in [5.41, 5.74) is 0.287. The highest BCUT2D eigenvalue weighted by Gasteiger charge is 2.23. The van der Waals surface area contributed by atoms with Crippen LogP contribution in [0.4, 0.5) is 15.8 Å². The Morgan fingerprint density at radius 3 is 2.44 bits per heavy atom. The lowest BCUT2D eigenvalue weighted by Gasteiger charge is -2.42. The molecule has 0 atom stereocenters. The van der Waals surface area contributed by atoms with Crippen molar-refractivity contribution in [2.45, 2.75) is 0 Å². The number of halogens is 1. The van der Waals surface area contributed by atoms with E-state index in [0.717, 1.165) is 30.7 Å². The van der Waals surface area contributed by atoms with Gasteiger partial charge in [0, 0.05) is 19.2 Å². The van der Waals surface area contributed by atoms with Gasteiger partial charge in [-0.2, -0.15) is 0 Å². The zero-order chi connectivity index (χ0) is 13.3. The first kappa shape index (κ1) is 13.1. The fourth-order valence-corrected chi connectivity index (χ4v) is 3.67. The Morgan fingerprint density at radius 2 is 1.94 bits per heavy atom. The van der Waals surface area contributed by atoms with Crippen LogP contribution in [-0.4, -0.2) is 42.0 Å². The normalized spacial score (nSPS) is 20.5. The Kier molecular flexibility index (Phi) is 3.47. The number of nitro benzene ring substituents is 1. The lowest BCUT2D eigenvalue weighted by Crippen LogP contribution is -2.38. The number of nitro groups is 1. The number of anilines is 1. The maximum absolute atomic E-state index is 13.8. The van der Waals surface area contributed by atoms with Crippen LogP contribution in [0.15, 0.2) is 18.2 Å². The van der Waals surface area contributed by atoms with Gasteiger partial charge in [0.15, 0.2) is 5.82 Å². The van der Waals surface area contributed by atoms with Gasteiger partial charge in [-0.05, 0) is 30.1 Å². The highest BCUT2D eigenvalue weighted by atomic mass is 32.3. The number of benzene rings is 1. The smallest absolute Gasteiger partial charge is 0.272 e. The van der Waals surface area contributed by atoms with Crippen LogP contribution in [0.25, 0.3) is 0 Å². The number of hydrogen-bond acceptors (Lipinski definition) is 3. The molecule has 0 saturated carbocycles. The van der Waals surface area contributed by atoms with Gasteiger partial charge in [-0.3, -0.25) is 10.1 Å². The molecule has 1 aromatic rings. The first-order chi connectivity index (χ1) is 8.39. The van der Waals surface area contributed by atoms with Gasteiger partial charge in [-0.15, -0.1) is 0 Å². The molecule has 4 nitrogen and oxygen atoms in total. The fraction of sp³-hybridized carbons (Fsp3) is 0.500. The molecule has 18 heavy (non-hydrogen) atoms. The average molecular weight is 272 g/mol. The third kappa shape index (κ3) is 2.75. The van der Waals surface area contributed by atoms with Crippen LogP contribution in [0.5, 0.6) is 0 Å². The second-order valence-electron chi connectivity index (χ2n) is 5.06. The van der Waals surface area contributed by atoms with Crippen LogP contribution >= 0.6 is 10.0 Å². The maximum atomic E-state index is 13.8. The van der Waals surface area contributed by atoms with Crippen LogP contribution < -0.4 is 4.90 Å². The molecular formula is C12H17FN2O2S. The van der Waals surface area contributed by atoms with Gasteiger partial charge in [0.2, 0.25) is 0 Å². The van der Waals surface area contributed by atoms with Crippen molar-refractivity contribution in [1.29, 1.82) is 0 Å². The van der Waals surface area contributed by atoms with Crippen molar-refractivity contribution in [2.75, 3.05) is 42.0 Å². The molecular weight excluding hydrogens is 255 g/mol. The number of non-ortho nitro benzene ring substituents is 1. The van der Waals surface area contributed by atoms with Crippen molar-refractivity contribution in [3.8, 4) is 0 Å². The first-order valence-corrected chi connectivity index (χ1v) is 8.55. The van der Waals surface area contributed by atoms with Crippen LogP contribution in [0.3, 0.4) is 0 Å². The number of hydrogen-bond donors (Lipinski definition) is 0. The van der Waals surface area contributed by atoms with Crippen molar-refractivity contribution < 1.29 is 9.31 Å². The molecule has 1 aromatic carbocycles. The lowest BCUT2D eigenvalue weighted by atomic mass is 10.2. The van der Waals surface area contributed by atoms with Crippen molar-refractivity contribution >= 4 is 21.4 Å². The number of rotatable bonds is 2. The third-order valence-electron chi connectivity index (χ3n) is 3.31. The zero-order valence-electron chi connectivity index (χ0n) is 10.6. The minimum Gasteiger partial charge on any atom is -0.368 e. The topological polar surface area (TPSA) is 46.4 Å². The van der Waals surface area contributed by atoms with E-state index in [4.69, 9.17) is 0 Å². The molecule has 0 aromatic heterocycles. The highest BCUT2D eigenvalue weighted by molar-refractivity contribution is 8.32. The van der Waals surface area contributed by atoms with Gasteiger partial charge in [-0.25, -0.2) is 14.4 Å². The van der Waals surface area contributed by atoms with E-state index >= 15 is 0 Å². The molecule has 1 heterocycles. The predicted octanol–water partition coefficient (Wildman–Crippen LogP) is 2.62. The summed E-state index contributed by atoms with van der Waals surface area (Å²) in [6.45, 7) is 1.66. The van der Waals surface area contributed by atoms with E-state index in [2.05, 4.69) is 12.5 Å². The summed E-state index contributed by atoms with van der Waals surface area (Å²) in [5, 5.41) is 10.6. The molecule has 100 valence electrons. The van der Waals surface area contributed by atoms with Gasteiger partial charge in [0.1, 0.15) is 0 Å². The first-order valence-electron chi connectivity index (χ1n) is 5.77. The summed E-state index contributed by atoms with van der Waals surface area (Å²) in [6, 6.07) is 3.88. The monoisotopic (exact) mass is 272 g/mol. The molecule has 0 spiro atoms. The Bertz CT molecular complexity index is 469. The summed E-state index contributed by atoms with van der Waals surface area (Å²) >= 11 is 0. The van der Waals surface area contributed by atoms with Gasteiger partial charge in [0.05, 0.1) is 16.7 Å². The molecule has 1 saturated heterocycles. The van der Waals surface area contributed by atoms with Gasteiger partial charge in [-0.1, -0.05) is 0 Å². The summed E-state index contributed by atoms with van der Waals surface area (Å²) in [5.74, 6) is 1.67. The second-order valence-corrected chi connectivity index (χ2v) is 9.41. The average Bonchev–Trinajstić information content (AvgIpc) is 2.29. The van der Waals surface area contributed by atoms with Gasteiger partial charge >= 0.3 is 0 Å². The van der Waals surface area contributed by atoms with Gasteiger partial charge in [0.25, 0.3) is 5.69 Å². The molecule has 0 aliphatic carbocycles. The second kappa shape index (κ2) is 4.76. The fourth-order valence-electron chi connectivity index (χ4n) is 2.04. The Labute approximate surface area is 107 Å². The molecule has 1 fully saturated rings. The maximum Gasteiger partial charge on any atom is 0.272 e. The van der Waals surface area contributed by atoms with E-state index in [1.54, 1.807) is 0 Å². The molecule has 6 heteroatoms. The van der Waals surface area contributed by atoms with Crippen molar-refractivity contribution in [2.24, 2.45) is 0 Å². The molecule has 0 radical (unpaired) electrons. The Hall–Kier alpha value is -1.30. The SMILES string of the molecule is CS1(C)CCN(c2ccc([N+](=O)[O-])cc2F)CC1. The predicted molar refractivity (Wildman–Crippen MR) is 74.4 cm³/mol. The van der Waals surface area contributed by atoms with E-state index in [9.17, 15) is 14.5 Å². The van der Waals surface area contributed by atoms with Crippen LogP contribution in [0.1, 0.15) is 0 Å². The minimum atomic E-state index is -0.573. The quantitative estimate of drug-likeness (QED) is 0.614. The third-order valence-corrected chi connectivity index (χ3v) is 5.89. The molecule has 0 unspecified atom stereocenters. The van der Waals surface area contributed by atoms with Crippen molar-refractivity contribution in [3.05, 3.63) is 34.1 Å². The van der Waals surface area contributed by atoms with Gasteiger partial charge < -0.3 is 4.90 Å². The number of nitrogens with zero attached hydrogens (tertiary/aromatic N) is 2. The van der Waals surface area contributed by atoms with E-state index in [0.29, 0.717) is 5.69 Å². The molecule has 1 aliphatic heterocycles. The lowest BCUT2D eigenvalue weighted by molar-refractivity contribution is -0.385.